The lowest BCUT2D eigenvalue weighted by molar-refractivity contribution is 0.242. The highest BCUT2D eigenvalue weighted by molar-refractivity contribution is 5.36. The summed E-state index contributed by atoms with van der Waals surface area (Å²) in [4.78, 5) is 0. The minimum absolute atomic E-state index is 0.236. The SMILES string of the molecule is CC(C)Oc1ccc(C2(CN)CC2)cc1. The molecule has 0 saturated heterocycles. The fourth-order valence-corrected chi connectivity index (χ4v) is 1.92. The number of hydrogen-bond donors (Lipinski definition) is 1. The van der Waals surface area contributed by atoms with E-state index in [4.69, 9.17) is 10.5 Å². The van der Waals surface area contributed by atoms with E-state index in [2.05, 4.69) is 12.1 Å². The van der Waals surface area contributed by atoms with Crippen molar-refractivity contribution in [1.29, 1.82) is 0 Å². The minimum Gasteiger partial charge on any atom is -0.491 e. The summed E-state index contributed by atoms with van der Waals surface area (Å²) in [7, 11) is 0. The summed E-state index contributed by atoms with van der Waals surface area (Å²) >= 11 is 0. The number of nitrogens with two attached hydrogens (primary N) is 1. The van der Waals surface area contributed by atoms with Gasteiger partial charge in [-0.1, -0.05) is 12.1 Å². The van der Waals surface area contributed by atoms with Crippen LogP contribution in [-0.4, -0.2) is 12.6 Å². The molecule has 0 heterocycles. The third-order valence-electron chi connectivity index (χ3n) is 3.08. The first kappa shape index (κ1) is 10.5. The van der Waals surface area contributed by atoms with Crippen LogP contribution in [0.4, 0.5) is 0 Å². The van der Waals surface area contributed by atoms with Gasteiger partial charge in [0.05, 0.1) is 6.10 Å². The number of ether oxygens (including phenoxy) is 1. The van der Waals surface area contributed by atoms with Crippen LogP contribution >= 0.6 is 0 Å². The molecule has 0 atom stereocenters. The van der Waals surface area contributed by atoms with E-state index in [0.717, 1.165) is 12.3 Å². The maximum atomic E-state index is 5.79. The smallest absolute Gasteiger partial charge is 0.119 e. The second kappa shape index (κ2) is 3.86. The van der Waals surface area contributed by atoms with Crippen molar-refractivity contribution in [2.24, 2.45) is 5.73 Å². The van der Waals surface area contributed by atoms with Crippen LogP contribution in [0.25, 0.3) is 0 Å². The summed E-state index contributed by atoms with van der Waals surface area (Å²) in [6.45, 7) is 4.84. The van der Waals surface area contributed by atoms with Crippen molar-refractivity contribution in [3.63, 3.8) is 0 Å². The molecular weight excluding hydrogens is 186 g/mol. The van der Waals surface area contributed by atoms with Crippen molar-refractivity contribution in [3.8, 4) is 5.75 Å². The molecule has 1 aliphatic rings. The Kier molecular flexibility index (Phi) is 2.70. The molecule has 2 nitrogen and oxygen atoms in total. The summed E-state index contributed by atoms with van der Waals surface area (Å²) < 4.78 is 5.60. The molecule has 2 heteroatoms. The lowest BCUT2D eigenvalue weighted by Gasteiger charge is -2.14. The predicted octanol–water partition coefficient (Wildman–Crippen LogP) is 2.46. The standard InChI is InChI=1S/C13H19NO/c1-10(2)15-12-5-3-11(4-6-12)13(9-14)7-8-13/h3-6,10H,7-9,14H2,1-2H3. The zero-order valence-electron chi connectivity index (χ0n) is 9.49. The largest absolute Gasteiger partial charge is 0.491 e. The first-order valence-electron chi connectivity index (χ1n) is 5.63. The summed E-state index contributed by atoms with van der Waals surface area (Å²) in [6, 6.07) is 8.39. The zero-order chi connectivity index (χ0) is 10.9. The lowest BCUT2D eigenvalue weighted by atomic mass is 9.96. The second-order valence-corrected chi connectivity index (χ2v) is 4.68. The fraction of sp³-hybridized carbons (Fsp3) is 0.538. The topological polar surface area (TPSA) is 35.2 Å². The first-order chi connectivity index (χ1) is 7.16. The Hall–Kier alpha value is -1.02. The van der Waals surface area contributed by atoms with E-state index in [1.165, 1.54) is 18.4 Å². The molecular formula is C13H19NO. The average Bonchev–Trinajstić information content (AvgIpc) is 2.99. The highest BCUT2D eigenvalue weighted by Gasteiger charge is 2.42. The predicted molar refractivity (Wildman–Crippen MR) is 62.2 cm³/mol. The van der Waals surface area contributed by atoms with Gasteiger partial charge >= 0.3 is 0 Å². The quantitative estimate of drug-likeness (QED) is 0.819. The van der Waals surface area contributed by atoms with Gasteiger partial charge in [-0.05, 0) is 44.4 Å². The molecule has 1 fully saturated rings. The molecule has 0 aromatic heterocycles. The van der Waals surface area contributed by atoms with Crippen LogP contribution < -0.4 is 10.5 Å². The Balaban J connectivity index is 2.10. The summed E-state index contributed by atoms with van der Waals surface area (Å²) in [5.41, 5.74) is 7.44. The average molecular weight is 205 g/mol. The monoisotopic (exact) mass is 205 g/mol. The van der Waals surface area contributed by atoms with Crippen molar-refractivity contribution >= 4 is 0 Å². The number of hydrogen-bond acceptors (Lipinski definition) is 2. The number of rotatable bonds is 4. The molecule has 2 N–H and O–H groups in total. The van der Waals surface area contributed by atoms with Crippen molar-refractivity contribution in [1.82, 2.24) is 0 Å². The van der Waals surface area contributed by atoms with Gasteiger partial charge in [0.15, 0.2) is 0 Å². The van der Waals surface area contributed by atoms with Gasteiger partial charge in [0, 0.05) is 12.0 Å². The van der Waals surface area contributed by atoms with E-state index in [1.54, 1.807) is 0 Å². The Bertz CT molecular complexity index is 325. The van der Waals surface area contributed by atoms with Gasteiger partial charge in [-0.15, -0.1) is 0 Å². The zero-order valence-corrected chi connectivity index (χ0v) is 9.49. The third-order valence-corrected chi connectivity index (χ3v) is 3.08. The van der Waals surface area contributed by atoms with Gasteiger partial charge < -0.3 is 10.5 Å². The van der Waals surface area contributed by atoms with Crippen LogP contribution in [0.3, 0.4) is 0 Å². The van der Waals surface area contributed by atoms with E-state index in [0.29, 0.717) is 0 Å². The molecule has 15 heavy (non-hydrogen) atoms. The Labute approximate surface area is 91.4 Å². The maximum Gasteiger partial charge on any atom is 0.119 e. The Morgan fingerprint density at radius 2 is 1.87 bits per heavy atom. The second-order valence-electron chi connectivity index (χ2n) is 4.68. The third kappa shape index (κ3) is 2.15. The van der Waals surface area contributed by atoms with Crippen LogP contribution in [-0.2, 0) is 5.41 Å². The van der Waals surface area contributed by atoms with Gasteiger partial charge in [0.25, 0.3) is 0 Å². The fourth-order valence-electron chi connectivity index (χ4n) is 1.92. The van der Waals surface area contributed by atoms with E-state index in [1.807, 2.05) is 26.0 Å². The lowest BCUT2D eigenvalue weighted by Crippen LogP contribution is -2.19. The van der Waals surface area contributed by atoms with E-state index in [9.17, 15) is 0 Å². The maximum absolute atomic E-state index is 5.79. The minimum atomic E-state index is 0.236. The number of benzene rings is 1. The molecule has 1 aromatic carbocycles. The van der Waals surface area contributed by atoms with Gasteiger partial charge in [-0.3, -0.25) is 0 Å². The van der Waals surface area contributed by atoms with Gasteiger partial charge in [-0.2, -0.15) is 0 Å². The van der Waals surface area contributed by atoms with Crippen LogP contribution in [0.1, 0.15) is 32.3 Å². The normalized spacial score (nSPS) is 17.9. The van der Waals surface area contributed by atoms with Gasteiger partial charge in [0.1, 0.15) is 5.75 Å². The van der Waals surface area contributed by atoms with Crippen LogP contribution in [0.5, 0.6) is 5.75 Å². The summed E-state index contributed by atoms with van der Waals surface area (Å²) in [5.74, 6) is 0.946. The van der Waals surface area contributed by atoms with Crippen LogP contribution in [0.15, 0.2) is 24.3 Å². The van der Waals surface area contributed by atoms with Crippen LogP contribution in [0.2, 0.25) is 0 Å². The van der Waals surface area contributed by atoms with E-state index in [-0.39, 0.29) is 11.5 Å². The molecule has 0 bridgehead atoms. The first-order valence-corrected chi connectivity index (χ1v) is 5.63. The molecule has 1 aliphatic carbocycles. The van der Waals surface area contributed by atoms with Crippen molar-refractivity contribution < 1.29 is 4.74 Å². The van der Waals surface area contributed by atoms with Crippen molar-refractivity contribution in [2.75, 3.05) is 6.54 Å². The molecule has 0 radical (unpaired) electrons. The molecule has 1 aromatic rings. The summed E-state index contributed by atoms with van der Waals surface area (Å²) in [5, 5.41) is 0. The van der Waals surface area contributed by atoms with E-state index < -0.39 is 0 Å². The van der Waals surface area contributed by atoms with E-state index >= 15 is 0 Å². The Morgan fingerprint density at radius 3 is 2.27 bits per heavy atom. The molecule has 2 rings (SSSR count). The summed E-state index contributed by atoms with van der Waals surface area (Å²) in [6.07, 6.45) is 2.70. The van der Waals surface area contributed by atoms with Crippen molar-refractivity contribution in [2.45, 2.75) is 38.2 Å². The Morgan fingerprint density at radius 1 is 1.27 bits per heavy atom. The van der Waals surface area contributed by atoms with Gasteiger partial charge in [-0.25, -0.2) is 0 Å². The highest BCUT2D eigenvalue weighted by atomic mass is 16.5. The van der Waals surface area contributed by atoms with Crippen LogP contribution in [0, 0.1) is 0 Å². The molecule has 0 aliphatic heterocycles. The molecule has 82 valence electrons. The van der Waals surface area contributed by atoms with Gasteiger partial charge in [0.2, 0.25) is 0 Å². The van der Waals surface area contributed by atoms with Crippen molar-refractivity contribution in [3.05, 3.63) is 29.8 Å². The molecule has 0 unspecified atom stereocenters. The highest BCUT2D eigenvalue weighted by Crippen LogP contribution is 2.47. The molecule has 0 amide bonds. The molecule has 1 saturated carbocycles. The molecule has 0 spiro atoms.